The van der Waals surface area contributed by atoms with Gasteiger partial charge in [0.15, 0.2) is 0 Å². The highest BCUT2D eigenvalue weighted by molar-refractivity contribution is 5.83. The van der Waals surface area contributed by atoms with E-state index in [2.05, 4.69) is 4.74 Å². The summed E-state index contributed by atoms with van der Waals surface area (Å²) in [7, 11) is 0. The topological polar surface area (TPSA) is 47.7 Å². The van der Waals surface area contributed by atoms with Crippen LogP contribution < -0.4 is 0 Å². The molecule has 0 bridgehead atoms. The Morgan fingerprint density at radius 1 is 1.57 bits per heavy atom. The third-order valence-electron chi connectivity index (χ3n) is 0.291. The minimum Gasteiger partial charge on any atom is -0.339 e. The summed E-state index contributed by atoms with van der Waals surface area (Å²) in [4.78, 5) is 18.0. The largest absolute Gasteiger partial charge is 0.488 e. The molecule has 1 N–H and O–H groups in total. The molecule has 0 aromatic carbocycles. The summed E-state index contributed by atoms with van der Waals surface area (Å²) in [6, 6.07) is 0. The zero-order valence-corrected chi connectivity index (χ0v) is 4.26. The van der Waals surface area contributed by atoms with E-state index in [0.717, 1.165) is 0 Å². The molecule has 0 fully saturated rings. The van der Waals surface area contributed by atoms with Crippen molar-refractivity contribution in [1.82, 2.24) is 0 Å². The maximum Gasteiger partial charge on any atom is 0.488 e. The molecule has 3 nitrogen and oxygen atoms in total. The molecular weight excluding hydrogens is 96.0 g/mol. The first kappa shape index (κ1) is 6.14. The number of esters is 2. The van der Waals surface area contributed by atoms with Crippen LogP contribution in [-0.2, 0) is 9.53 Å². The molecule has 40 valence electrons. The van der Waals surface area contributed by atoms with Gasteiger partial charge in [0, 0.05) is 0 Å². The number of rotatable bonds is 0. The summed E-state index contributed by atoms with van der Waals surface area (Å²) in [5.41, 5.74) is 0. The Morgan fingerprint density at radius 3 is 2.00 bits per heavy atom. The summed E-state index contributed by atoms with van der Waals surface area (Å²) in [5, 5.41) is 0. The highest BCUT2D eigenvalue weighted by Crippen LogP contribution is 1.73. The molecule has 0 heterocycles. The van der Waals surface area contributed by atoms with Crippen molar-refractivity contribution in [2.24, 2.45) is 0 Å². The Hall–Kier alpha value is -0.860. The van der Waals surface area contributed by atoms with Crippen molar-refractivity contribution in [3.63, 3.8) is 0 Å². The van der Waals surface area contributed by atoms with Gasteiger partial charge in [0.1, 0.15) is 0 Å². The maximum absolute atomic E-state index is 9.85. The lowest BCUT2D eigenvalue weighted by atomic mass is 10.7. The van der Waals surface area contributed by atoms with Crippen LogP contribution >= 0.6 is 0 Å². The summed E-state index contributed by atoms with van der Waals surface area (Å²) < 4.78 is 4.08. The molecule has 0 saturated heterocycles. The van der Waals surface area contributed by atoms with Crippen molar-refractivity contribution in [2.75, 3.05) is 0 Å². The molecule has 0 saturated carbocycles. The second-order valence-corrected chi connectivity index (χ2v) is 1.11. The lowest BCUT2D eigenvalue weighted by Crippen LogP contribution is -2.03. The monoisotopic (exact) mass is 103 g/mol. The molecule has 3 heteroatoms. The van der Waals surface area contributed by atoms with Gasteiger partial charge in [0.05, 0.1) is 13.8 Å². The van der Waals surface area contributed by atoms with E-state index in [0.29, 0.717) is 0 Å². The van der Waals surface area contributed by atoms with Gasteiger partial charge < -0.3 is 4.79 Å². The minimum atomic E-state index is -0.500. The second-order valence-electron chi connectivity index (χ2n) is 1.11. The molecule has 0 aliphatic heterocycles. The van der Waals surface area contributed by atoms with Gasteiger partial charge in [-0.1, -0.05) is 0 Å². The molecule has 0 aliphatic rings. The van der Waals surface area contributed by atoms with Crippen LogP contribution in [0.1, 0.15) is 13.8 Å². The van der Waals surface area contributed by atoms with Crippen LogP contribution in [-0.4, -0.2) is 16.7 Å². The van der Waals surface area contributed by atoms with Gasteiger partial charge in [-0.05, 0) is 0 Å². The Bertz CT molecular complexity index is 83.1. The number of carbonyl (C=O) groups excluding carboxylic acids is 2. The third-order valence-corrected chi connectivity index (χ3v) is 0.291. The van der Waals surface area contributed by atoms with Crippen molar-refractivity contribution in [2.45, 2.75) is 13.8 Å². The predicted molar refractivity (Wildman–Crippen MR) is 24.4 cm³/mol. The van der Waals surface area contributed by atoms with Crippen LogP contribution in [0, 0.1) is 0 Å². The molecule has 0 radical (unpaired) electrons. The van der Waals surface area contributed by atoms with Crippen molar-refractivity contribution < 1.29 is 14.3 Å². The quantitative estimate of drug-likeness (QED) is 0.247. The highest BCUT2D eigenvalue weighted by atomic mass is 16.6. The molecular formula is C4H7O3+. The average molecular weight is 103 g/mol. The van der Waals surface area contributed by atoms with E-state index >= 15 is 0 Å². The van der Waals surface area contributed by atoms with Gasteiger partial charge in [0.25, 0.3) is 0 Å². The van der Waals surface area contributed by atoms with Gasteiger partial charge in [-0.25, -0.2) is 9.53 Å². The van der Waals surface area contributed by atoms with Crippen LogP contribution in [0.25, 0.3) is 0 Å². The van der Waals surface area contributed by atoms with E-state index in [1.807, 2.05) is 0 Å². The fraction of sp³-hybridized carbons (Fsp3) is 0.500. The molecule has 0 aromatic heterocycles. The smallest absolute Gasteiger partial charge is 0.339 e. The van der Waals surface area contributed by atoms with Gasteiger partial charge in [-0.3, -0.25) is 0 Å². The lowest BCUT2D eigenvalue weighted by Gasteiger charge is -1.75. The van der Waals surface area contributed by atoms with Crippen molar-refractivity contribution >= 4 is 11.9 Å². The van der Waals surface area contributed by atoms with Crippen LogP contribution in [0.15, 0.2) is 0 Å². The van der Waals surface area contributed by atoms with E-state index in [9.17, 15) is 4.79 Å². The molecule has 0 amide bonds. The first-order valence-electron chi connectivity index (χ1n) is 1.84. The summed E-state index contributed by atoms with van der Waals surface area (Å²) in [5.74, 6) is -0.812. The molecule has 0 rings (SSSR count). The second kappa shape index (κ2) is 2.34. The molecule has 0 spiro atoms. The number of ether oxygens (including phenoxy) is 1. The zero-order valence-electron chi connectivity index (χ0n) is 4.26. The molecule has 0 unspecified atom stereocenters. The lowest BCUT2D eigenvalue weighted by molar-refractivity contribution is -0.133. The predicted octanol–water partition coefficient (Wildman–Crippen LogP) is 0.0718. The number of carbonyl (C=O) groups is 1. The van der Waals surface area contributed by atoms with Crippen molar-refractivity contribution in [3.05, 3.63) is 0 Å². The van der Waals surface area contributed by atoms with E-state index in [4.69, 9.17) is 4.79 Å². The van der Waals surface area contributed by atoms with E-state index in [1.54, 1.807) is 0 Å². The standard InChI is InChI=1S/C4H6O3/c1-3(5)7-4(2)6/h1-2H3/p+1. The van der Waals surface area contributed by atoms with E-state index in [-0.39, 0.29) is 5.97 Å². The van der Waals surface area contributed by atoms with Crippen molar-refractivity contribution in [1.29, 1.82) is 0 Å². The third kappa shape index (κ3) is 5.14. The Morgan fingerprint density at radius 2 is 2.00 bits per heavy atom. The van der Waals surface area contributed by atoms with Gasteiger partial charge in [-0.2, -0.15) is 0 Å². The Balaban J connectivity index is 3.32. The first-order chi connectivity index (χ1) is 3.13. The molecule has 0 aromatic rings. The SMILES string of the molecule is CC(=O)OC(C)=[OH+]. The zero-order chi connectivity index (χ0) is 5.86. The fourth-order valence-electron chi connectivity index (χ4n) is 0.208. The number of hydrogen-bond donors (Lipinski definition) is 0. The van der Waals surface area contributed by atoms with E-state index < -0.39 is 5.97 Å². The van der Waals surface area contributed by atoms with Crippen LogP contribution in [0.2, 0.25) is 0 Å². The van der Waals surface area contributed by atoms with Gasteiger partial charge in [0.2, 0.25) is 0 Å². The van der Waals surface area contributed by atoms with E-state index in [1.165, 1.54) is 13.8 Å². The molecule has 7 heavy (non-hydrogen) atoms. The average Bonchev–Trinajstić information content (AvgIpc) is 1.27. The Labute approximate surface area is 41.3 Å². The van der Waals surface area contributed by atoms with Gasteiger partial charge >= 0.3 is 11.9 Å². The van der Waals surface area contributed by atoms with Gasteiger partial charge in [-0.15, -0.1) is 0 Å². The Kier molecular flexibility index (Phi) is 2.05. The summed E-state index contributed by atoms with van der Waals surface area (Å²) >= 11 is 0. The maximum atomic E-state index is 9.85. The fourth-order valence-corrected chi connectivity index (χ4v) is 0.208. The van der Waals surface area contributed by atoms with Crippen LogP contribution in [0.4, 0.5) is 0 Å². The minimum absolute atomic E-state index is 0.312. The highest BCUT2D eigenvalue weighted by Gasteiger charge is 2.05. The summed E-state index contributed by atoms with van der Waals surface area (Å²) in [6.07, 6.45) is 0. The molecule has 0 aliphatic carbocycles. The van der Waals surface area contributed by atoms with Crippen LogP contribution in [0.5, 0.6) is 0 Å². The van der Waals surface area contributed by atoms with Crippen LogP contribution in [0.3, 0.4) is 0 Å². The first-order valence-corrected chi connectivity index (χ1v) is 1.84. The van der Waals surface area contributed by atoms with Crippen molar-refractivity contribution in [3.8, 4) is 0 Å². The number of hydrogen-bond acceptors (Lipinski definition) is 2. The molecule has 0 atom stereocenters. The normalized spacial score (nSPS) is 7.71. The summed E-state index contributed by atoms with van der Waals surface area (Å²) in [6.45, 7) is 2.52.